The molecule has 300 valence electrons. The van der Waals surface area contributed by atoms with Crippen LogP contribution in [0.4, 0.5) is 11.5 Å². The maximum atomic E-state index is 13.5. The van der Waals surface area contributed by atoms with Gasteiger partial charge in [0.2, 0.25) is 11.8 Å². The van der Waals surface area contributed by atoms with Crippen LogP contribution in [0.3, 0.4) is 0 Å². The standard InChI is InChI=1S/C43H45ClN8O6/c44-36-21-32(5-1-27(36)22-45)58-31-6-2-29(3-7-31)51-25-28-19-38(46-23-35(28)41(51)55)50-13-11-26(12-14-50)24-48-15-17-49(18-16-48)30-4-8-33-34(20-30)43(57)52(42(33)56)37-9-10-39(53)47-40(37)54/h1,4-5,8,19-21,23,26,29,31,37H,2-3,6-7,9-18,24-25H2,(H,47,53,54)/t29-,31-,37?. The van der Waals surface area contributed by atoms with Gasteiger partial charge in [-0.3, -0.25) is 39.1 Å². The number of nitriles is 1. The fourth-order valence-electron chi connectivity index (χ4n) is 9.57. The smallest absolute Gasteiger partial charge is 0.262 e. The van der Waals surface area contributed by atoms with Crippen LogP contribution in [0, 0.1) is 17.2 Å². The summed E-state index contributed by atoms with van der Waals surface area (Å²) in [6.07, 6.45) is 7.57. The molecule has 5 amide bonds. The molecular formula is C43H45ClN8O6. The van der Waals surface area contributed by atoms with Crippen LogP contribution in [0.15, 0.2) is 48.7 Å². The SMILES string of the molecule is N#Cc1ccc(O[C@H]2CC[C@H](N3Cc4cc(N5CCC(CN6CCN(c7ccc8c(c7)C(=O)N(C7CCC(=O)NC7=O)C8=O)CC6)CC5)ncc4C3=O)CC2)cc1Cl. The molecule has 14 nitrogen and oxygen atoms in total. The number of imide groups is 2. The van der Waals surface area contributed by atoms with E-state index in [2.05, 4.69) is 32.2 Å². The van der Waals surface area contributed by atoms with Crippen LogP contribution in [-0.4, -0.2) is 113 Å². The van der Waals surface area contributed by atoms with Crippen molar-refractivity contribution in [3.8, 4) is 11.8 Å². The van der Waals surface area contributed by atoms with Crippen molar-refractivity contribution in [1.82, 2.24) is 25.0 Å². The van der Waals surface area contributed by atoms with Crippen LogP contribution in [0.25, 0.3) is 0 Å². The Morgan fingerprint density at radius 2 is 1.55 bits per heavy atom. The largest absolute Gasteiger partial charge is 0.490 e. The number of aromatic nitrogens is 1. The van der Waals surface area contributed by atoms with Gasteiger partial charge in [-0.15, -0.1) is 0 Å². The molecule has 6 aliphatic rings. The molecule has 0 radical (unpaired) electrons. The summed E-state index contributed by atoms with van der Waals surface area (Å²) >= 11 is 6.20. The molecule has 5 aliphatic heterocycles. The summed E-state index contributed by atoms with van der Waals surface area (Å²) in [6.45, 7) is 6.85. The van der Waals surface area contributed by atoms with Gasteiger partial charge in [0.05, 0.1) is 33.4 Å². The average Bonchev–Trinajstić information content (AvgIpc) is 3.69. The number of fused-ring (bicyclic) bond motifs is 2. The fraction of sp³-hybridized carbons (Fsp3) is 0.465. The second-order valence-corrected chi connectivity index (χ2v) is 16.7. The summed E-state index contributed by atoms with van der Waals surface area (Å²) in [5.74, 6) is 0.262. The topological polar surface area (TPSA) is 159 Å². The number of hydrogen-bond acceptors (Lipinski definition) is 11. The lowest BCUT2D eigenvalue weighted by atomic mass is 9.92. The molecule has 3 aromatic rings. The number of anilines is 2. The first-order valence-electron chi connectivity index (χ1n) is 20.4. The first-order chi connectivity index (χ1) is 28.1. The van der Waals surface area contributed by atoms with Crippen molar-refractivity contribution in [3.05, 3.63) is 81.5 Å². The van der Waals surface area contributed by atoms with E-state index < -0.39 is 29.7 Å². The third-order valence-corrected chi connectivity index (χ3v) is 13.2. The Morgan fingerprint density at radius 1 is 0.793 bits per heavy atom. The normalized spacial score (nSPS) is 24.2. The van der Waals surface area contributed by atoms with Gasteiger partial charge in [-0.1, -0.05) is 11.6 Å². The molecule has 58 heavy (non-hydrogen) atoms. The molecule has 1 aliphatic carbocycles. The van der Waals surface area contributed by atoms with Crippen molar-refractivity contribution >= 4 is 52.6 Å². The maximum absolute atomic E-state index is 13.5. The Kier molecular flexibility index (Phi) is 10.3. The summed E-state index contributed by atoms with van der Waals surface area (Å²) in [7, 11) is 0. The van der Waals surface area contributed by atoms with Gasteiger partial charge in [-0.05, 0) is 92.8 Å². The summed E-state index contributed by atoms with van der Waals surface area (Å²) in [5, 5.41) is 11.8. The highest BCUT2D eigenvalue weighted by Crippen LogP contribution is 2.36. The molecule has 4 fully saturated rings. The molecule has 2 aromatic carbocycles. The Labute approximate surface area is 341 Å². The lowest BCUT2D eigenvalue weighted by Gasteiger charge is -2.40. The Bertz CT molecular complexity index is 2220. The van der Waals surface area contributed by atoms with E-state index in [0.29, 0.717) is 45.5 Å². The Morgan fingerprint density at radius 3 is 2.28 bits per heavy atom. The maximum Gasteiger partial charge on any atom is 0.262 e. The van der Waals surface area contributed by atoms with Gasteiger partial charge in [0.1, 0.15) is 23.7 Å². The van der Waals surface area contributed by atoms with Crippen molar-refractivity contribution < 1.29 is 28.7 Å². The zero-order valence-electron chi connectivity index (χ0n) is 32.2. The number of rotatable bonds is 8. The molecule has 1 aromatic heterocycles. The summed E-state index contributed by atoms with van der Waals surface area (Å²) < 4.78 is 6.18. The molecular weight excluding hydrogens is 760 g/mol. The van der Waals surface area contributed by atoms with Gasteiger partial charge in [0.15, 0.2) is 0 Å². The molecule has 0 spiro atoms. The number of piperazine rings is 1. The highest BCUT2D eigenvalue weighted by molar-refractivity contribution is 6.31. The van der Waals surface area contributed by atoms with Crippen molar-refractivity contribution in [1.29, 1.82) is 5.26 Å². The molecule has 9 rings (SSSR count). The quantitative estimate of drug-likeness (QED) is 0.322. The number of ether oxygens (including phenoxy) is 1. The minimum Gasteiger partial charge on any atom is -0.490 e. The zero-order valence-corrected chi connectivity index (χ0v) is 33.0. The minimum atomic E-state index is -0.974. The lowest BCUT2D eigenvalue weighted by molar-refractivity contribution is -0.136. The van der Waals surface area contributed by atoms with Crippen molar-refractivity contribution in [2.75, 3.05) is 55.6 Å². The number of carbonyl (C=O) groups is 5. The second kappa shape index (κ2) is 15.7. The van der Waals surface area contributed by atoms with Crippen LogP contribution >= 0.6 is 11.6 Å². The third-order valence-electron chi connectivity index (χ3n) is 12.9. The highest BCUT2D eigenvalue weighted by Gasteiger charge is 2.45. The predicted molar refractivity (Wildman–Crippen MR) is 214 cm³/mol. The molecule has 15 heteroatoms. The van der Waals surface area contributed by atoms with E-state index >= 15 is 0 Å². The van der Waals surface area contributed by atoms with E-state index in [1.165, 1.54) is 0 Å². The number of hydrogen-bond donors (Lipinski definition) is 1. The van der Waals surface area contributed by atoms with Gasteiger partial charge in [0, 0.05) is 82.8 Å². The van der Waals surface area contributed by atoms with Gasteiger partial charge in [-0.25, -0.2) is 4.98 Å². The Balaban J connectivity index is 0.730. The van der Waals surface area contributed by atoms with Crippen LogP contribution in [0.1, 0.15) is 93.6 Å². The first kappa shape index (κ1) is 38.0. The summed E-state index contributed by atoms with van der Waals surface area (Å²) in [5.41, 5.74) is 3.66. The number of amides is 5. The number of pyridine rings is 1. The zero-order chi connectivity index (χ0) is 40.1. The molecule has 0 bridgehead atoms. The van der Waals surface area contributed by atoms with E-state index in [1.807, 2.05) is 11.0 Å². The van der Waals surface area contributed by atoms with E-state index in [-0.39, 0.29) is 30.9 Å². The number of benzene rings is 2. The molecule has 3 saturated heterocycles. The van der Waals surface area contributed by atoms with Gasteiger partial charge >= 0.3 is 0 Å². The minimum absolute atomic E-state index is 0.0432. The van der Waals surface area contributed by atoms with E-state index in [4.69, 9.17) is 26.6 Å². The van der Waals surface area contributed by atoms with Gasteiger partial charge in [0.25, 0.3) is 17.7 Å². The van der Waals surface area contributed by atoms with E-state index in [0.717, 1.165) is 106 Å². The van der Waals surface area contributed by atoms with Crippen LogP contribution in [0.2, 0.25) is 5.02 Å². The molecule has 6 heterocycles. The van der Waals surface area contributed by atoms with Crippen molar-refractivity contribution in [3.63, 3.8) is 0 Å². The van der Waals surface area contributed by atoms with Crippen LogP contribution < -0.4 is 19.9 Å². The predicted octanol–water partition coefficient (Wildman–Crippen LogP) is 4.39. The molecule has 1 unspecified atom stereocenters. The number of piperidine rings is 2. The summed E-state index contributed by atoms with van der Waals surface area (Å²) in [6, 6.07) is 13.9. The number of nitrogens with one attached hydrogen (secondary N) is 1. The molecule has 1 N–H and O–H groups in total. The first-order valence-corrected chi connectivity index (χ1v) is 20.8. The van der Waals surface area contributed by atoms with Gasteiger partial charge < -0.3 is 19.4 Å². The van der Waals surface area contributed by atoms with Crippen molar-refractivity contribution in [2.24, 2.45) is 5.92 Å². The van der Waals surface area contributed by atoms with E-state index in [1.54, 1.807) is 36.5 Å². The van der Waals surface area contributed by atoms with Crippen molar-refractivity contribution in [2.45, 2.75) is 76.1 Å². The fourth-order valence-corrected chi connectivity index (χ4v) is 9.78. The summed E-state index contributed by atoms with van der Waals surface area (Å²) in [4.78, 5) is 78.9. The number of halogens is 1. The van der Waals surface area contributed by atoms with Gasteiger partial charge in [-0.2, -0.15) is 5.26 Å². The molecule has 1 saturated carbocycles. The average molecular weight is 805 g/mol. The lowest BCUT2D eigenvalue weighted by Crippen LogP contribution is -2.54. The number of nitrogens with zero attached hydrogens (tertiary/aromatic N) is 7. The number of carbonyl (C=O) groups excluding carboxylic acids is 5. The second-order valence-electron chi connectivity index (χ2n) is 16.3. The monoisotopic (exact) mass is 804 g/mol. The highest BCUT2D eigenvalue weighted by atomic mass is 35.5. The molecule has 1 atom stereocenters. The van der Waals surface area contributed by atoms with Crippen LogP contribution in [0.5, 0.6) is 5.75 Å². The third kappa shape index (κ3) is 7.26. The Hall–Kier alpha value is -5.52. The van der Waals surface area contributed by atoms with E-state index in [9.17, 15) is 24.0 Å². The van der Waals surface area contributed by atoms with Crippen LogP contribution in [-0.2, 0) is 16.1 Å².